The number of hydrogen-bond acceptors (Lipinski definition) is 5. The number of aromatic nitrogens is 1. The Morgan fingerprint density at radius 2 is 1.30 bits per heavy atom. The number of amides is 2. The van der Waals surface area contributed by atoms with Crippen LogP contribution in [0, 0.1) is 0 Å². The first-order chi connectivity index (χ1) is 23.1. The van der Waals surface area contributed by atoms with Crippen LogP contribution < -0.4 is 20.2 Å². The molecule has 0 saturated carbocycles. The van der Waals surface area contributed by atoms with Crippen molar-refractivity contribution in [1.29, 1.82) is 0 Å². The van der Waals surface area contributed by atoms with Crippen molar-refractivity contribution in [3.8, 4) is 39.7 Å². The quantitative estimate of drug-likeness (QED) is 0.115. The van der Waals surface area contributed by atoms with Gasteiger partial charge in [0.15, 0.2) is 6.61 Å². The zero-order valence-electron chi connectivity index (χ0n) is 25.7. The normalized spacial score (nSPS) is 10.8. The average molecular weight is 621 g/mol. The topological polar surface area (TPSA) is 94.0 Å². The predicted octanol–water partition coefficient (Wildman–Crippen LogP) is 7.60. The van der Waals surface area contributed by atoms with Crippen LogP contribution in [0.5, 0.6) is 11.5 Å². The van der Waals surface area contributed by atoms with E-state index in [0.717, 1.165) is 33.8 Å². The van der Waals surface area contributed by atoms with Crippen molar-refractivity contribution in [2.24, 2.45) is 5.10 Å². The molecule has 232 valence electrons. The molecule has 0 unspecified atom stereocenters. The number of rotatable bonds is 11. The molecule has 0 aliphatic heterocycles. The molecular weight excluding hydrogens is 588 g/mol. The Kier molecular flexibility index (Phi) is 9.50. The van der Waals surface area contributed by atoms with Gasteiger partial charge in [0, 0.05) is 11.3 Å². The van der Waals surface area contributed by atoms with Crippen LogP contribution in [0.2, 0.25) is 0 Å². The molecule has 8 heteroatoms. The number of para-hydroxylation sites is 2. The van der Waals surface area contributed by atoms with Crippen LogP contribution in [0.25, 0.3) is 28.2 Å². The van der Waals surface area contributed by atoms with Gasteiger partial charge in [-0.2, -0.15) is 5.10 Å². The minimum Gasteiger partial charge on any atom is -0.495 e. The second kappa shape index (κ2) is 14.6. The molecule has 0 fully saturated rings. The van der Waals surface area contributed by atoms with E-state index in [0.29, 0.717) is 22.7 Å². The van der Waals surface area contributed by atoms with E-state index in [1.807, 2.05) is 60.7 Å². The summed E-state index contributed by atoms with van der Waals surface area (Å²) in [5.74, 6) is 0.459. The van der Waals surface area contributed by atoms with Crippen molar-refractivity contribution in [2.45, 2.75) is 0 Å². The van der Waals surface area contributed by atoms with Crippen LogP contribution in [-0.2, 0) is 4.79 Å². The fraction of sp³-hybridized carbons (Fsp3) is 0.0513. The molecule has 5 aromatic carbocycles. The second-order valence-electron chi connectivity index (χ2n) is 10.5. The Bertz CT molecular complexity index is 1930. The first-order valence-corrected chi connectivity index (χ1v) is 15.0. The molecule has 0 spiro atoms. The van der Waals surface area contributed by atoms with Crippen molar-refractivity contribution in [3.63, 3.8) is 0 Å². The van der Waals surface area contributed by atoms with Gasteiger partial charge in [-0.3, -0.25) is 9.59 Å². The summed E-state index contributed by atoms with van der Waals surface area (Å²) in [6.45, 7) is -0.161. The van der Waals surface area contributed by atoms with E-state index in [4.69, 9.17) is 9.47 Å². The summed E-state index contributed by atoms with van der Waals surface area (Å²) in [5.41, 5.74) is 9.64. The number of ether oxygens (including phenoxy) is 2. The van der Waals surface area contributed by atoms with Crippen LogP contribution in [0.3, 0.4) is 0 Å². The van der Waals surface area contributed by atoms with Crippen LogP contribution >= 0.6 is 0 Å². The molecule has 1 aromatic heterocycles. The lowest BCUT2D eigenvalue weighted by atomic mass is 10.1. The minimum atomic E-state index is -0.326. The van der Waals surface area contributed by atoms with E-state index < -0.39 is 0 Å². The van der Waals surface area contributed by atoms with Crippen LogP contribution in [0.1, 0.15) is 15.9 Å². The lowest BCUT2D eigenvalue weighted by Gasteiger charge is -2.15. The number of nitrogens with zero attached hydrogens (tertiary/aromatic N) is 2. The summed E-state index contributed by atoms with van der Waals surface area (Å²) in [6.07, 6.45) is 1.54. The summed E-state index contributed by atoms with van der Waals surface area (Å²) in [4.78, 5) is 25.2. The molecule has 8 nitrogen and oxygen atoms in total. The van der Waals surface area contributed by atoms with Gasteiger partial charge in [0.1, 0.15) is 11.5 Å². The second-order valence-corrected chi connectivity index (χ2v) is 10.5. The van der Waals surface area contributed by atoms with E-state index >= 15 is 0 Å². The van der Waals surface area contributed by atoms with Crippen LogP contribution in [0.15, 0.2) is 151 Å². The number of benzene rings is 5. The highest BCUT2D eigenvalue weighted by Gasteiger charge is 2.14. The van der Waals surface area contributed by atoms with E-state index in [2.05, 4.69) is 56.8 Å². The molecular formula is C39H32N4O4. The molecule has 6 aromatic rings. The molecule has 6 rings (SSSR count). The number of carbonyl (C=O) groups is 2. The summed E-state index contributed by atoms with van der Waals surface area (Å²) in [7, 11) is 1.54. The maximum absolute atomic E-state index is 12.9. The Morgan fingerprint density at radius 1 is 0.702 bits per heavy atom. The molecule has 0 saturated heterocycles. The Labute approximate surface area is 272 Å². The van der Waals surface area contributed by atoms with Crippen LogP contribution in [0.4, 0.5) is 5.69 Å². The number of methoxy groups -OCH3 is 1. The van der Waals surface area contributed by atoms with Gasteiger partial charge in [0.25, 0.3) is 11.8 Å². The number of hydrazone groups is 1. The van der Waals surface area contributed by atoms with Gasteiger partial charge in [0.2, 0.25) is 0 Å². The van der Waals surface area contributed by atoms with Crippen molar-refractivity contribution in [3.05, 3.63) is 157 Å². The Balaban J connectivity index is 1.07. The largest absolute Gasteiger partial charge is 0.495 e. The van der Waals surface area contributed by atoms with Crippen LogP contribution in [-0.4, -0.2) is 36.3 Å². The molecule has 0 atom stereocenters. The van der Waals surface area contributed by atoms with Gasteiger partial charge in [-0.05, 0) is 89.5 Å². The zero-order valence-corrected chi connectivity index (χ0v) is 25.7. The van der Waals surface area contributed by atoms with Gasteiger partial charge in [-0.1, -0.05) is 72.8 Å². The Morgan fingerprint density at radius 3 is 1.91 bits per heavy atom. The molecule has 0 aliphatic carbocycles. The number of nitrogens with one attached hydrogen (secondary N) is 2. The van der Waals surface area contributed by atoms with E-state index in [1.54, 1.807) is 61.9 Å². The lowest BCUT2D eigenvalue weighted by molar-refractivity contribution is -0.118. The minimum absolute atomic E-state index is 0.161. The zero-order chi connectivity index (χ0) is 32.4. The number of anilines is 1. The number of hydrogen-bond donors (Lipinski definition) is 2. The first kappa shape index (κ1) is 30.6. The summed E-state index contributed by atoms with van der Waals surface area (Å²) < 4.78 is 13.1. The van der Waals surface area contributed by atoms with Gasteiger partial charge in [0.05, 0.1) is 30.4 Å². The SMILES string of the molecule is COc1ccccc1NC(=O)COc1ccc(/C=N\NC(=O)c2ccc(-n3c(-c4ccccc4)ccc3-c3ccccc3)cc2)cc1. The maximum atomic E-state index is 12.9. The van der Waals surface area contributed by atoms with Gasteiger partial charge < -0.3 is 19.4 Å². The summed E-state index contributed by atoms with van der Waals surface area (Å²) in [5, 5.41) is 6.89. The highest BCUT2D eigenvalue weighted by atomic mass is 16.5. The molecule has 1 heterocycles. The third-order valence-electron chi connectivity index (χ3n) is 7.42. The fourth-order valence-corrected chi connectivity index (χ4v) is 5.11. The molecule has 2 N–H and O–H groups in total. The van der Waals surface area contributed by atoms with Crippen molar-refractivity contribution in [1.82, 2.24) is 9.99 Å². The molecule has 0 aliphatic rings. The third-order valence-corrected chi connectivity index (χ3v) is 7.42. The molecule has 47 heavy (non-hydrogen) atoms. The monoisotopic (exact) mass is 620 g/mol. The maximum Gasteiger partial charge on any atom is 0.271 e. The van der Waals surface area contributed by atoms with E-state index in [1.165, 1.54) is 0 Å². The molecule has 0 bridgehead atoms. The lowest BCUT2D eigenvalue weighted by Crippen LogP contribution is -2.20. The predicted molar refractivity (Wildman–Crippen MR) is 185 cm³/mol. The van der Waals surface area contributed by atoms with Crippen molar-refractivity contribution in [2.75, 3.05) is 19.0 Å². The standard InChI is InChI=1S/C39H32N4O4/c1-46-37-15-9-8-14-34(37)41-38(44)27-47-33-22-16-28(17-23-33)26-40-42-39(45)31-18-20-32(21-19-31)43-35(29-10-4-2-5-11-29)24-25-36(43)30-12-6-3-7-13-30/h2-26H,27H2,1H3,(H,41,44)(H,42,45)/b40-26-. The highest BCUT2D eigenvalue weighted by Crippen LogP contribution is 2.32. The first-order valence-electron chi connectivity index (χ1n) is 15.0. The average Bonchev–Trinajstić information content (AvgIpc) is 3.58. The molecule has 0 radical (unpaired) electrons. The van der Waals surface area contributed by atoms with E-state index in [-0.39, 0.29) is 18.4 Å². The number of carbonyl (C=O) groups excluding carboxylic acids is 2. The van der Waals surface area contributed by atoms with Gasteiger partial charge >= 0.3 is 0 Å². The Hall–Kier alpha value is -6.41. The van der Waals surface area contributed by atoms with Gasteiger partial charge in [-0.25, -0.2) is 5.43 Å². The van der Waals surface area contributed by atoms with Crippen molar-refractivity contribution < 1.29 is 19.1 Å². The van der Waals surface area contributed by atoms with Gasteiger partial charge in [-0.15, -0.1) is 0 Å². The molecule has 2 amide bonds. The third kappa shape index (κ3) is 7.46. The fourth-order valence-electron chi connectivity index (χ4n) is 5.11. The highest BCUT2D eigenvalue weighted by molar-refractivity contribution is 5.95. The van der Waals surface area contributed by atoms with E-state index in [9.17, 15) is 9.59 Å². The summed E-state index contributed by atoms with van der Waals surface area (Å²) >= 11 is 0. The summed E-state index contributed by atoms with van der Waals surface area (Å²) in [6, 6.07) is 46.3. The smallest absolute Gasteiger partial charge is 0.271 e. The van der Waals surface area contributed by atoms with Crippen molar-refractivity contribution >= 4 is 23.7 Å².